The lowest BCUT2D eigenvalue weighted by Crippen LogP contribution is -2.16. The lowest BCUT2D eigenvalue weighted by molar-refractivity contribution is 0.102. The molecular weight excluding hydrogens is 450 g/mol. The zero-order valence-corrected chi connectivity index (χ0v) is 19.5. The van der Waals surface area contributed by atoms with Crippen molar-refractivity contribution in [3.63, 3.8) is 0 Å². The molecule has 8 heteroatoms. The summed E-state index contributed by atoms with van der Waals surface area (Å²) in [6.45, 7) is 3.69. The Bertz CT molecular complexity index is 1400. The van der Waals surface area contributed by atoms with Crippen LogP contribution in [-0.2, 0) is 10.0 Å². The Labute approximate surface area is 198 Å². The highest BCUT2D eigenvalue weighted by Gasteiger charge is 2.18. The summed E-state index contributed by atoms with van der Waals surface area (Å²) in [6.07, 6.45) is 1.54. The molecule has 2 N–H and O–H groups in total. The first-order valence-electron chi connectivity index (χ1n) is 10.5. The Kier molecular flexibility index (Phi) is 6.60. The monoisotopic (exact) mass is 473 g/mol. The number of carbonyl (C=O) groups is 1. The largest absolute Gasteiger partial charge is 0.438 e. The van der Waals surface area contributed by atoms with Gasteiger partial charge in [0.15, 0.2) is 0 Å². The molecular formula is C26H23N3O4S. The fraction of sp³-hybridized carbons (Fsp3) is 0.0769. The van der Waals surface area contributed by atoms with E-state index in [-0.39, 0.29) is 16.3 Å². The number of aromatic nitrogens is 1. The molecule has 1 amide bonds. The number of carbonyl (C=O) groups excluding carboxylic acids is 1. The third-order valence-electron chi connectivity index (χ3n) is 5.11. The number of pyridine rings is 1. The Hall–Kier alpha value is -4.17. The molecule has 1 aromatic heterocycles. The Balaban J connectivity index is 1.50. The number of amides is 1. The van der Waals surface area contributed by atoms with E-state index in [9.17, 15) is 13.2 Å². The molecule has 0 saturated heterocycles. The maximum absolute atomic E-state index is 12.9. The summed E-state index contributed by atoms with van der Waals surface area (Å²) in [7, 11) is -3.79. The molecule has 4 aromatic rings. The minimum Gasteiger partial charge on any atom is -0.438 e. The van der Waals surface area contributed by atoms with Gasteiger partial charge >= 0.3 is 0 Å². The van der Waals surface area contributed by atoms with Gasteiger partial charge in [0.1, 0.15) is 11.3 Å². The summed E-state index contributed by atoms with van der Waals surface area (Å²) in [5.74, 6) is 0.299. The highest BCUT2D eigenvalue weighted by Crippen LogP contribution is 2.26. The van der Waals surface area contributed by atoms with E-state index in [2.05, 4.69) is 15.0 Å². The van der Waals surface area contributed by atoms with Gasteiger partial charge in [0.25, 0.3) is 15.9 Å². The van der Waals surface area contributed by atoms with E-state index in [1.54, 1.807) is 24.3 Å². The summed E-state index contributed by atoms with van der Waals surface area (Å²) in [5.41, 5.74) is 2.91. The number of ether oxygens (including phenoxy) is 1. The first-order valence-corrected chi connectivity index (χ1v) is 12.0. The van der Waals surface area contributed by atoms with Crippen LogP contribution in [0.25, 0.3) is 0 Å². The maximum atomic E-state index is 12.9. The van der Waals surface area contributed by atoms with Crippen LogP contribution in [0, 0.1) is 13.8 Å². The van der Waals surface area contributed by atoms with Gasteiger partial charge in [-0.15, -0.1) is 0 Å². The molecule has 0 aliphatic carbocycles. The highest BCUT2D eigenvalue weighted by atomic mass is 32.2. The van der Waals surface area contributed by atoms with Crippen LogP contribution in [-0.4, -0.2) is 19.3 Å². The molecule has 0 unspecified atom stereocenters. The molecule has 0 radical (unpaired) electrons. The second kappa shape index (κ2) is 9.76. The van der Waals surface area contributed by atoms with Crippen LogP contribution in [0.5, 0.6) is 11.6 Å². The van der Waals surface area contributed by atoms with E-state index in [1.807, 2.05) is 50.2 Å². The zero-order chi connectivity index (χ0) is 24.1. The number of benzene rings is 3. The average molecular weight is 474 g/mol. The fourth-order valence-corrected chi connectivity index (χ4v) is 4.53. The van der Waals surface area contributed by atoms with Gasteiger partial charge in [-0.1, -0.05) is 36.4 Å². The van der Waals surface area contributed by atoms with Crippen LogP contribution >= 0.6 is 0 Å². The van der Waals surface area contributed by atoms with Crippen molar-refractivity contribution >= 4 is 27.3 Å². The molecule has 172 valence electrons. The first-order chi connectivity index (χ1) is 16.3. The highest BCUT2D eigenvalue weighted by molar-refractivity contribution is 7.92. The van der Waals surface area contributed by atoms with Crippen molar-refractivity contribution in [1.82, 2.24) is 4.98 Å². The quantitative estimate of drug-likeness (QED) is 0.367. The number of para-hydroxylation sites is 2. The molecule has 3 aromatic carbocycles. The molecule has 0 bridgehead atoms. The van der Waals surface area contributed by atoms with Crippen LogP contribution in [0.4, 0.5) is 11.4 Å². The van der Waals surface area contributed by atoms with Gasteiger partial charge in [-0.3, -0.25) is 9.52 Å². The van der Waals surface area contributed by atoms with Crippen molar-refractivity contribution in [2.45, 2.75) is 18.7 Å². The summed E-state index contributed by atoms with van der Waals surface area (Å²) < 4.78 is 34.1. The summed E-state index contributed by atoms with van der Waals surface area (Å²) in [6, 6.07) is 23.8. The molecule has 0 fully saturated rings. The van der Waals surface area contributed by atoms with Gasteiger partial charge in [0.2, 0.25) is 5.88 Å². The van der Waals surface area contributed by atoms with Gasteiger partial charge in [0.05, 0.1) is 10.6 Å². The minimum atomic E-state index is -3.79. The minimum absolute atomic E-state index is 0.0858. The third-order valence-corrected chi connectivity index (χ3v) is 6.48. The summed E-state index contributed by atoms with van der Waals surface area (Å²) >= 11 is 0. The Morgan fingerprint density at radius 2 is 1.50 bits per heavy atom. The average Bonchev–Trinajstić information content (AvgIpc) is 2.83. The van der Waals surface area contributed by atoms with Gasteiger partial charge in [-0.05, 0) is 73.5 Å². The van der Waals surface area contributed by atoms with Gasteiger partial charge in [-0.2, -0.15) is 0 Å². The maximum Gasteiger partial charge on any atom is 0.261 e. The summed E-state index contributed by atoms with van der Waals surface area (Å²) in [4.78, 5) is 17.1. The van der Waals surface area contributed by atoms with E-state index < -0.39 is 15.9 Å². The molecule has 0 saturated carbocycles. The van der Waals surface area contributed by atoms with E-state index in [0.29, 0.717) is 17.1 Å². The van der Waals surface area contributed by atoms with Crippen LogP contribution in [0.15, 0.2) is 96.0 Å². The molecule has 7 nitrogen and oxygen atoms in total. The Morgan fingerprint density at radius 3 is 2.18 bits per heavy atom. The van der Waals surface area contributed by atoms with Gasteiger partial charge < -0.3 is 10.1 Å². The van der Waals surface area contributed by atoms with E-state index >= 15 is 0 Å². The van der Waals surface area contributed by atoms with Crippen molar-refractivity contribution in [3.05, 3.63) is 108 Å². The predicted octanol–water partition coefficient (Wildman–Crippen LogP) is 5.54. The molecule has 0 aliphatic heterocycles. The number of hydrogen-bond donors (Lipinski definition) is 2. The van der Waals surface area contributed by atoms with Crippen molar-refractivity contribution in [1.29, 1.82) is 0 Å². The number of rotatable bonds is 7. The zero-order valence-electron chi connectivity index (χ0n) is 18.6. The third kappa shape index (κ3) is 5.24. The molecule has 0 atom stereocenters. The van der Waals surface area contributed by atoms with Crippen molar-refractivity contribution in [3.8, 4) is 11.6 Å². The molecule has 0 aliphatic rings. The van der Waals surface area contributed by atoms with Crippen molar-refractivity contribution in [2.75, 3.05) is 10.0 Å². The number of sulfonamides is 1. The van der Waals surface area contributed by atoms with Gasteiger partial charge in [-0.25, -0.2) is 13.4 Å². The number of nitrogens with one attached hydrogen (secondary N) is 2. The number of nitrogens with zero attached hydrogens (tertiary/aromatic N) is 1. The topological polar surface area (TPSA) is 97.4 Å². The molecule has 34 heavy (non-hydrogen) atoms. The number of anilines is 2. The lowest BCUT2D eigenvalue weighted by atomic mass is 10.1. The van der Waals surface area contributed by atoms with Crippen LogP contribution in [0.2, 0.25) is 0 Å². The van der Waals surface area contributed by atoms with Crippen LogP contribution in [0.1, 0.15) is 21.5 Å². The summed E-state index contributed by atoms with van der Waals surface area (Å²) in [5, 5.41) is 2.76. The Morgan fingerprint density at radius 1 is 0.824 bits per heavy atom. The van der Waals surface area contributed by atoms with Crippen LogP contribution < -0.4 is 14.8 Å². The molecule has 1 heterocycles. The van der Waals surface area contributed by atoms with Crippen molar-refractivity contribution in [2.24, 2.45) is 0 Å². The van der Waals surface area contributed by atoms with E-state index in [0.717, 1.165) is 11.1 Å². The van der Waals surface area contributed by atoms with E-state index in [1.165, 1.54) is 30.5 Å². The first kappa shape index (κ1) is 23.0. The lowest BCUT2D eigenvalue weighted by Gasteiger charge is -2.14. The van der Waals surface area contributed by atoms with Gasteiger partial charge in [0, 0.05) is 11.9 Å². The standard InChI is InChI=1S/C26H23N3O4S/c1-18-8-6-9-19(2)24(18)29-34(31,32)22-15-13-20(14-16-22)28-25(30)23-12-7-17-27-26(23)33-21-10-4-3-5-11-21/h3-17,29H,1-2H3,(H,28,30). The number of hydrogen-bond acceptors (Lipinski definition) is 5. The second-order valence-corrected chi connectivity index (χ2v) is 9.30. The van der Waals surface area contributed by atoms with Crippen molar-refractivity contribution < 1.29 is 17.9 Å². The smallest absolute Gasteiger partial charge is 0.261 e. The SMILES string of the molecule is Cc1cccc(C)c1NS(=O)(=O)c1ccc(NC(=O)c2cccnc2Oc2ccccc2)cc1. The predicted molar refractivity (Wildman–Crippen MR) is 132 cm³/mol. The van der Waals surface area contributed by atoms with Crippen LogP contribution in [0.3, 0.4) is 0 Å². The normalized spacial score (nSPS) is 11.0. The number of aryl methyl sites for hydroxylation is 2. The van der Waals surface area contributed by atoms with E-state index in [4.69, 9.17) is 4.74 Å². The fourth-order valence-electron chi connectivity index (χ4n) is 3.33. The molecule has 0 spiro atoms. The second-order valence-electron chi connectivity index (χ2n) is 7.62. The molecule has 4 rings (SSSR count).